The van der Waals surface area contributed by atoms with Gasteiger partial charge in [0.05, 0.1) is 22.0 Å². The monoisotopic (exact) mass is 620 g/mol. The standard InChI is InChI=1S/C41H28N6O/c1-3-34-35(32-22-13-23-43-41(32)48-34)37(42-2)36-31-21-11-10-18-28(31)25-33(44-36)29-19-12-20-30(24-29)40-46-38(26-14-6-4-7-15-26)45-39(47-40)27-16-8-5-9-17-27/h3-25H,2H2,1H3/b34-3+,37-35-. The number of aliphatic imine (C=N–C) groups is 1. The normalized spacial score (nSPS) is 12.4. The SMILES string of the molecule is C=N/C(c1nc(-c2cccc(-c3nc(-c4ccccc4)nc(-c4ccccc4)n3)c2)cc2ccccc12)=c1\c(=C/C)oc2ncccc12. The smallest absolute Gasteiger partial charge is 0.227 e. The molecule has 4 aromatic carbocycles. The number of benzene rings is 4. The van der Waals surface area contributed by atoms with Crippen LogP contribution in [0.5, 0.6) is 0 Å². The van der Waals surface area contributed by atoms with E-state index in [9.17, 15) is 0 Å². The van der Waals surface area contributed by atoms with Gasteiger partial charge in [-0.1, -0.05) is 103 Å². The lowest BCUT2D eigenvalue weighted by atomic mass is 10.0. The molecule has 7 nitrogen and oxygen atoms in total. The second kappa shape index (κ2) is 12.3. The van der Waals surface area contributed by atoms with Crippen LogP contribution in [0.4, 0.5) is 0 Å². The van der Waals surface area contributed by atoms with Gasteiger partial charge >= 0.3 is 0 Å². The van der Waals surface area contributed by atoms with Gasteiger partial charge in [-0.05, 0) is 49.4 Å². The summed E-state index contributed by atoms with van der Waals surface area (Å²) in [6.07, 6.45) is 3.63. The predicted molar refractivity (Wildman–Crippen MR) is 192 cm³/mol. The molecular weight excluding hydrogens is 592 g/mol. The minimum absolute atomic E-state index is 0.539. The third-order valence-electron chi connectivity index (χ3n) is 8.23. The van der Waals surface area contributed by atoms with Gasteiger partial charge in [-0.3, -0.25) is 4.99 Å². The van der Waals surface area contributed by atoms with E-state index in [2.05, 4.69) is 41.0 Å². The lowest BCUT2D eigenvalue weighted by molar-refractivity contribution is 0.563. The van der Waals surface area contributed by atoms with Gasteiger partial charge in [0.1, 0.15) is 11.1 Å². The molecule has 0 atom stereocenters. The van der Waals surface area contributed by atoms with E-state index in [0.29, 0.717) is 40.0 Å². The van der Waals surface area contributed by atoms with Crippen LogP contribution in [0.1, 0.15) is 12.6 Å². The number of nitrogens with zero attached hydrogens (tertiary/aromatic N) is 6. The molecule has 0 aliphatic rings. The summed E-state index contributed by atoms with van der Waals surface area (Å²) in [6.45, 7) is 5.91. The van der Waals surface area contributed by atoms with Gasteiger partial charge < -0.3 is 4.42 Å². The molecule has 0 bridgehead atoms. The Bertz CT molecular complexity index is 2540. The highest BCUT2D eigenvalue weighted by molar-refractivity contribution is 5.96. The highest BCUT2D eigenvalue weighted by Crippen LogP contribution is 2.31. The average molecular weight is 621 g/mol. The van der Waals surface area contributed by atoms with E-state index in [4.69, 9.17) is 24.4 Å². The van der Waals surface area contributed by atoms with Crippen molar-refractivity contribution in [3.8, 4) is 45.4 Å². The molecule has 4 aromatic heterocycles. The van der Waals surface area contributed by atoms with Crippen molar-refractivity contribution in [1.82, 2.24) is 24.9 Å². The van der Waals surface area contributed by atoms with Crippen LogP contribution in [0.25, 0.3) is 79.1 Å². The molecule has 0 aliphatic heterocycles. The molecule has 0 unspecified atom stereocenters. The van der Waals surface area contributed by atoms with Crippen molar-refractivity contribution in [3.05, 3.63) is 150 Å². The highest BCUT2D eigenvalue weighted by Gasteiger charge is 2.17. The van der Waals surface area contributed by atoms with Crippen LogP contribution >= 0.6 is 0 Å². The minimum Gasteiger partial charge on any atom is -0.438 e. The van der Waals surface area contributed by atoms with Crippen molar-refractivity contribution in [2.24, 2.45) is 4.99 Å². The Morgan fingerprint density at radius 1 is 0.625 bits per heavy atom. The van der Waals surface area contributed by atoms with E-state index in [-0.39, 0.29) is 0 Å². The van der Waals surface area contributed by atoms with E-state index in [0.717, 1.165) is 49.3 Å². The number of aromatic nitrogens is 5. The fourth-order valence-electron chi connectivity index (χ4n) is 5.95. The summed E-state index contributed by atoms with van der Waals surface area (Å²) in [4.78, 5) is 29.0. The van der Waals surface area contributed by atoms with Crippen LogP contribution < -0.4 is 10.6 Å². The number of furan rings is 1. The zero-order chi connectivity index (χ0) is 32.5. The van der Waals surface area contributed by atoms with Crippen LogP contribution in [0, 0.1) is 0 Å². The largest absolute Gasteiger partial charge is 0.438 e. The number of fused-ring (bicyclic) bond motifs is 2. The maximum Gasteiger partial charge on any atom is 0.227 e. The van der Waals surface area contributed by atoms with Gasteiger partial charge in [0.15, 0.2) is 17.5 Å². The third-order valence-corrected chi connectivity index (χ3v) is 8.23. The van der Waals surface area contributed by atoms with E-state index in [1.807, 2.05) is 116 Å². The fraction of sp³-hybridized carbons (Fsp3) is 0.0244. The van der Waals surface area contributed by atoms with Crippen LogP contribution in [0.15, 0.2) is 143 Å². The van der Waals surface area contributed by atoms with Crippen molar-refractivity contribution in [1.29, 1.82) is 0 Å². The molecule has 8 rings (SSSR count). The van der Waals surface area contributed by atoms with Crippen LogP contribution in [0.3, 0.4) is 0 Å². The number of pyridine rings is 2. The van der Waals surface area contributed by atoms with Crippen molar-refractivity contribution >= 4 is 40.4 Å². The average Bonchev–Trinajstić information content (AvgIpc) is 3.54. The Balaban J connectivity index is 1.33. The molecule has 7 heteroatoms. The number of hydrogen-bond donors (Lipinski definition) is 0. The van der Waals surface area contributed by atoms with Crippen molar-refractivity contribution in [2.45, 2.75) is 6.92 Å². The molecule has 48 heavy (non-hydrogen) atoms. The molecule has 228 valence electrons. The quantitative estimate of drug-likeness (QED) is 0.176. The summed E-state index contributed by atoms with van der Waals surface area (Å²) in [6, 6.07) is 42.2. The summed E-state index contributed by atoms with van der Waals surface area (Å²) >= 11 is 0. The first kappa shape index (κ1) is 28.8. The van der Waals surface area contributed by atoms with Gasteiger partial charge in [0.2, 0.25) is 5.71 Å². The van der Waals surface area contributed by atoms with Gasteiger partial charge in [0, 0.05) is 33.8 Å². The third kappa shape index (κ3) is 5.23. The summed E-state index contributed by atoms with van der Waals surface area (Å²) in [5, 5.41) is 3.64. The first-order chi connectivity index (χ1) is 23.7. The van der Waals surface area contributed by atoms with E-state index < -0.39 is 0 Å². The summed E-state index contributed by atoms with van der Waals surface area (Å²) in [7, 11) is 0. The maximum absolute atomic E-state index is 6.11. The summed E-state index contributed by atoms with van der Waals surface area (Å²) < 4.78 is 6.11. The van der Waals surface area contributed by atoms with Gasteiger partial charge in [-0.15, -0.1) is 0 Å². The molecule has 0 amide bonds. The van der Waals surface area contributed by atoms with Gasteiger partial charge in [0.25, 0.3) is 0 Å². The Kier molecular flexibility index (Phi) is 7.39. The summed E-state index contributed by atoms with van der Waals surface area (Å²) in [5.74, 6) is 1.79. The van der Waals surface area contributed by atoms with Gasteiger partial charge in [-0.2, -0.15) is 0 Å². The second-order valence-corrected chi connectivity index (χ2v) is 11.2. The molecule has 0 saturated heterocycles. The molecule has 0 aliphatic carbocycles. The first-order valence-corrected chi connectivity index (χ1v) is 15.6. The molecule has 0 N–H and O–H groups in total. The number of hydrogen-bond acceptors (Lipinski definition) is 7. The van der Waals surface area contributed by atoms with Crippen LogP contribution in [0.2, 0.25) is 0 Å². The summed E-state index contributed by atoms with van der Waals surface area (Å²) in [5.41, 5.74) is 6.91. The fourth-order valence-corrected chi connectivity index (χ4v) is 5.95. The van der Waals surface area contributed by atoms with E-state index >= 15 is 0 Å². The topological polar surface area (TPSA) is 90.0 Å². The van der Waals surface area contributed by atoms with Crippen molar-refractivity contribution in [3.63, 3.8) is 0 Å². The van der Waals surface area contributed by atoms with Gasteiger partial charge in [-0.25, -0.2) is 24.9 Å². The van der Waals surface area contributed by atoms with Crippen molar-refractivity contribution < 1.29 is 4.42 Å². The van der Waals surface area contributed by atoms with Crippen molar-refractivity contribution in [2.75, 3.05) is 0 Å². The predicted octanol–water partition coefficient (Wildman–Crippen LogP) is 7.89. The molecule has 0 saturated carbocycles. The first-order valence-electron chi connectivity index (χ1n) is 15.6. The zero-order valence-electron chi connectivity index (χ0n) is 26.1. The molecule has 0 spiro atoms. The molecule has 4 heterocycles. The molecule has 0 radical (unpaired) electrons. The lowest BCUT2D eigenvalue weighted by Crippen LogP contribution is -2.23. The number of rotatable bonds is 6. The van der Waals surface area contributed by atoms with Crippen LogP contribution in [-0.4, -0.2) is 31.6 Å². The second-order valence-electron chi connectivity index (χ2n) is 11.2. The molecule has 0 fully saturated rings. The minimum atomic E-state index is 0.539. The highest BCUT2D eigenvalue weighted by atomic mass is 16.3. The Labute approximate surface area is 276 Å². The Hall–Kier alpha value is -6.60. The Morgan fingerprint density at radius 3 is 1.92 bits per heavy atom. The molecular formula is C41H28N6O. The lowest BCUT2D eigenvalue weighted by Gasteiger charge is -2.12. The zero-order valence-corrected chi connectivity index (χ0v) is 26.1. The van der Waals surface area contributed by atoms with E-state index in [1.165, 1.54) is 0 Å². The van der Waals surface area contributed by atoms with Crippen LogP contribution in [-0.2, 0) is 0 Å². The molecule has 8 aromatic rings. The van der Waals surface area contributed by atoms with E-state index in [1.54, 1.807) is 6.20 Å². The Morgan fingerprint density at radius 2 is 1.23 bits per heavy atom. The maximum atomic E-state index is 6.11.